The summed E-state index contributed by atoms with van der Waals surface area (Å²) in [6.45, 7) is 8.78. The molecule has 0 aliphatic carbocycles. The summed E-state index contributed by atoms with van der Waals surface area (Å²) in [6, 6.07) is 8.80. The largest absolute Gasteiger partial charge is 0.324 e. The average molecular weight is 191 g/mol. The molecule has 0 bridgehead atoms. The lowest BCUT2D eigenvalue weighted by Gasteiger charge is -2.23. The SMILES string of the molecule is CCC(C)(C)c1ccc([C@H](C)N)cc1. The standard InChI is InChI=1S/C13H21N/c1-5-13(3,4)12-8-6-11(7-9-12)10(2)14/h6-10H,5,14H2,1-4H3/t10-/m0/s1. The van der Waals surface area contributed by atoms with Gasteiger partial charge >= 0.3 is 0 Å². The zero-order valence-electron chi connectivity index (χ0n) is 9.67. The van der Waals surface area contributed by atoms with Crippen LogP contribution in [-0.2, 0) is 5.41 Å². The minimum atomic E-state index is 0.133. The number of rotatable bonds is 3. The molecule has 1 nitrogen and oxygen atoms in total. The first-order chi connectivity index (χ1) is 6.47. The van der Waals surface area contributed by atoms with Crippen molar-refractivity contribution in [3.63, 3.8) is 0 Å². The van der Waals surface area contributed by atoms with Crippen LogP contribution in [0.3, 0.4) is 0 Å². The Morgan fingerprint density at radius 2 is 1.71 bits per heavy atom. The van der Waals surface area contributed by atoms with Gasteiger partial charge in [0.15, 0.2) is 0 Å². The fourth-order valence-electron chi connectivity index (χ4n) is 1.44. The number of hydrogen-bond donors (Lipinski definition) is 1. The maximum atomic E-state index is 5.81. The van der Waals surface area contributed by atoms with Gasteiger partial charge in [0.2, 0.25) is 0 Å². The van der Waals surface area contributed by atoms with Crippen molar-refractivity contribution in [2.45, 2.75) is 45.6 Å². The van der Waals surface area contributed by atoms with Gasteiger partial charge in [0.05, 0.1) is 0 Å². The number of nitrogens with two attached hydrogens (primary N) is 1. The van der Waals surface area contributed by atoms with Gasteiger partial charge in [0.25, 0.3) is 0 Å². The lowest BCUT2D eigenvalue weighted by molar-refractivity contribution is 0.506. The summed E-state index contributed by atoms with van der Waals surface area (Å²) >= 11 is 0. The lowest BCUT2D eigenvalue weighted by Crippen LogP contribution is -2.15. The normalized spacial score (nSPS) is 14.1. The smallest absolute Gasteiger partial charge is 0.0266 e. The van der Waals surface area contributed by atoms with Crippen LogP contribution in [0.25, 0.3) is 0 Å². The third-order valence-electron chi connectivity index (χ3n) is 3.10. The van der Waals surface area contributed by atoms with Gasteiger partial charge < -0.3 is 5.73 Å². The number of benzene rings is 1. The molecule has 0 fully saturated rings. The maximum absolute atomic E-state index is 5.81. The summed E-state index contributed by atoms with van der Waals surface area (Å²) in [5.41, 5.74) is 8.68. The second-order valence-electron chi connectivity index (χ2n) is 4.65. The van der Waals surface area contributed by atoms with Crippen molar-refractivity contribution in [2.24, 2.45) is 5.73 Å². The van der Waals surface area contributed by atoms with Gasteiger partial charge in [-0.2, -0.15) is 0 Å². The Kier molecular flexibility index (Phi) is 3.33. The molecule has 1 aromatic carbocycles. The molecule has 2 N–H and O–H groups in total. The summed E-state index contributed by atoms with van der Waals surface area (Å²) in [7, 11) is 0. The molecule has 78 valence electrons. The average Bonchev–Trinajstić information content (AvgIpc) is 2.18. The van der Waals surface area contributed by atoms with Crippen LogP contribution in [0.2, 0.25) is 0 Å². The first-order valence-electron chi connectivity index (χ1n) is 5.33. The van der Waals surface area contributed by atoms with Gasteiger partial charge in [0.1, 0.15) is 0 Å². The Hall–Kier alpha value is -0.820. The zero-order chi connectivity index (χ0) is 10.8. The zero-order valence-corrected chi connectivity index (χ0v) is 9.67. The third-order valence-corrected chi connectivity index (χ3v) is 3.10. The Morgan fingerprint density at radius 3 is 2.07 bits per heavy atom. The molecule has 0 saturated carbocycles. The Balaban J connectivity index is 2.94. The second-order valence-corrected chi connectivity index (χ2v) is 4.65. The molecular formula is C13H21N. The third kappa shape index (κ3) is 2.36. The second kappa shape index (κ2) is 4.14. The Bertz CT molecular complexity index is 283. The summed E-state index contributed by atoms with van der Waals surface area (Å²) in [6.07, 6.45) is 1.16. The van der Waals surface area contributed by atoms with Crippen LogP contribution in [0, 0.1) is 0 Å². The van der Waals surface area contributed by atoms with E-state index in [0.717, 1.165) is 6.42 Å². The quantitative estimate of drug-likeness (QED) is 0.778. The molecule has 1 rings (SSSR count). The predicted molar refractivity (Wildman–Crippen MR) is 62.4 cm³/mol. The molecule has 0 aliphatic heterocycles. The highest BCUT2D eigenvalue weighted by atomic mass is 14.6. The molecule has 0 saturated heterocycles. The minimum absolute atomic E-state index is 0.133. The summed E-state index contributed by atoms with van der Waals surface area (Å²) < 4.78 is 0. The molecule has 0 amide bonds. The van der Waals surface area contributed by atoms with Gasteiger partial charge in [-0.3, -0.25) is 0 Å². The van der Waals surface area contributed by atoms with Crippen LogP contribution in [0.15, 0.2) is 24.3 Å². The van der Waals surface area contributed by atoms with Gasteiger partial charge in [-0.05, 0) is 29.9 Å². The van der Waals surface area contributed by atoms with E-state index in [1.165, 1.54) is 11.1 Å². The lowest BCUT2D eigenvalue weighted by atomic mass is 9.82. The van der Waals surface area contributed by atoms with Crippen LogP contribution in [-0.4, -0.2) is 0 Å². The molecule has 0 spiro atoms. The molecule has 0 heterocycles. The van der Waals surface area contributed by atoms with Gasteiger partial charge in [-0.1, -0.05) is 45.0 Å². The fourth-order valence-corrected chi connectivity index (χ4v) is 1.44. The molecule has 1 atom stereocenters. The monoisotopic (exact) mass is 191 g/mol. The van der Waals surface area contributed by atoms with Crippen molar-refractivity contribution < 1.29 is 0 Å². The molecular weight excluding hydrogens is 170 g/mol. The molecule has 1 aromatic rings. The van der Waals surface area contributed by atoms with Crippen molar-refractivity contribution in [2.75, 3.05) is 0 Å². The van der Waals surface area contributed by atoms with Crippen LogP contribution in [0.4, 0.5) is 0 Å². The molecule has 1 heteroatoms. The van der Waals surface area contributed by atoms with E-state index >= 15 is 0 Å². The molecule has 0 aromatic heterocycles. The first kappa shape index (κ1) is 11.3. The summed E-state index contributed by atoms with van der Waals surface area (Å²) in [5.74, 6) is 0. The minimum Gasteiger partial charge on any atom is -0.324 e. The topological polar surface area (TPSA) is 26.0 Å². The van der Waals surface area contributed by atoms with E-state index in [1.807, 2.05) is 6.92 Å². The highest BCUT2D eigenvalue weighted by molar-refractivity contribution is 5.29. The van der Waals surface area contributed by atoms with Crippen molar-refractivity contribution >= 4 is 0 Å². The van der Waals surface area contributed by atoms with E-state index < -0.39 is 0 Å². The van der Waals surface area contributed by atoms with E-state index in [2.05, 4.69) is 45.0 Å². The van der Waals surface area contributed by atoms with Crippen LogP contribution >= 0.6 is 0 Å². The maximum Gasteiger partial charge on any atom is 0.0266 e. The molecule has 0 radical (unpaired) electrons. The van der Waals surface area contributed by atoms with Crippen LogP contribution < -0.4 is 5.73 Å². The molecule has 14 heavy (non-hydrogen) atoms. The van der Waals surface area contributed by atoms with Crippen molar-refractivity contribution in [1.29, 1.82) is 0 Å². The van der Waals surface area contributed by atoms with Crippen molar-refractivity contribution in [3.8, 4) is 0 Å². The van der Waals surface area contributed by atoms with Gasteiger partial charge in [-0.15, -0.1) is 0 Å². The Labute approximate surface area is 87.3 Å². The predicted octanol–water partition coefficient (Wildman–Crippen LogP) is 3.39. The van der Waals surface area contributed by atoms with Gasteiger partial charge in [-0.25, -0.2) is 0 Å². The van der Waals surface area contributed by atoms with E-state index in [1.54, 1.807) is 0 Å². The van der Waals surface area contributed by atoms with E-state index in [0.29, 0.717) is 0 Å². The summed E-state index contributed by atoms with van der Waals surface area (Å²) in [5, 5.41) is 0. The first-order valence-corrected chi connectivity index (χ1v) is 5.33. The van der Waals surface area contributed by atoms with E-state index in [4.69, 9.17) is 5.73 Å². The van der Waals surface area contributed by atoms with E-state index in [9.17, 15) is 0 Å². The fraction of sp³-hybridized carbons (Fsp3) is 0.538. The molecule has 0 unspecified atom stereocenters. The highest BCUT2D eigenvalue weighted by Crippen LogP contribution is 2.27. The van der Waals surface area contributed by atoms with Gasteiger partial charge in [0, 0.05) is 6.04 Å². The van der Waals surface area contributed by atoms with Crippen molar-refractivity contribution in [3.05, 3.63) is 35.4 Å². The number of hydrogen-bond acceptors (Lipinski definition) is 1. The van der Waals surface area contributed by atoms with Crippen molar-refractivity contribution in [1.82, 2.24) is 0 Å². The Morgan fingerprint density at radius 1 is 1.21 bits per heavy atom. The summed E-state index contributed by atoms with van der Waals surface area (Å²) in [4.78, 5) is 0. The van der Waals surface area contributed by atoms with Crippen LogP contribution in [0.5, 0.6) is 0 Å². The van der Waals surface area contributed by atoms with E-state index in [-0.39, 0.29) is 11.5 Å². The van der Waals surface area contributed by atoms with Crippen LogP contribution in [0.1, 0.15) is 51.3 Å². The highest BCUT2D eigenvalue weighted by Gasteiger charge is 2.17. The molecule has 0 aliphatic rings.